The molecule has 1 amide bonds. The minimum Gasteiger partial charge on any atom is -0.382 e. The molecule has 6 rings (SSSR count). The maximum Gasteiger partial charge on any atom is 0.245 e. The van der Waals surface area contributed by atoms with Gasteiger partial charge >= 0.3 is 0 Å². The van der Waals surface area contributed by atoms with Gasteiger partial charge in [0.1, 0.15) is 5.69 Å². The van der Waals surface area contributed by atoms with Crippen LogP contribution in [0.1, 0.15) is 30.1 Å². The van der Waals surface area contributed by atoms with E-state index < -0.39 is 0 Å². The number of aryl methyl sites for hydroxylation is 1. The Kier molecular flexibility index (Phi) is 4.83. The van der Waals surface area contributed by atoms with Crippen molar-refractivity contribution in [2.45, 2.75) is 32.7 Å². The van der Waals surface area contributed by atoms with Crippen LogP contribution in [0.2, 0.25) is 5.02 Å². The number of rotatable bonds is 4. The summed E-state index contributed by atoms with van der Waals surface area (Å²) in [6, 6.07) is 12.4. The van der Waals surface area contributed by atoms with E-state index in [2.05, 4.69) is 40.5 Å². The minimum absolute atomic E-state index is 0.0128. The Hall–Kier alpha value is -3.58. The summed E-state index contributed by atoms with van der Waals surface area (Å²) in [6.45, 7) is 9.29. The molecule has 2 aliphatic rings. The first-order valence-electron chi connectivity index (χ1n) is 11.8. The molecule has 178 valence electrons. The molecule has 1 saturated carbocycles. The molecule has 3 N–H and O–H groups in total. The van der Waals surface area contributed by atoms with Gasteiger partial charge in [0.25, 0.3) is 0 Å². The molecule has 8 heteroatoms. The third-order valence-electron chi connectivity index (χ3n) is 7.67. The fourth-order valence-electron chi connectivity index (χ4n) is 5.95. The monoisotopic (exact) mass is 486 g/mol. The van der Waals surface area contributed by atoms with Gasteiger partial charge in [-0.3, -0.25) is 14.6 Å². The van der Waals surface area contributed by atoms with Gasteiger partial charge in [-0.25, -0.2) is 0 Å². The number of hydrogen-bond donors (Lipinski definition) is 2. The number of nitrogens with zero attached hydrogens (tertiary/aromatic N) is 4. The zero-order chi connectivity index (χ0) is 24.5. The number of fused-ring (bicyclic) bond motifs is 1. The molecule has 0 radical (unpaired) electrons. The van der Waals surface area contributed by atoms with Crippen molar-refractivity contribution in [2.75, 3.05) is 18.8 Å². The standard InChI is InChI=1S/C27H27ClN6O/c1-4-20(35)33-13-27(14-33)11-18(12-27)34-16(3)21(25(32-34)17-8-6-5-7-9-17)23-22-19(30-31-26(22)29)10-15(2)24(23)28/h4-10,18H,1,11-14H2,2-3H3,(H3,29,30,31). The second kappa shape index (κ2) is 7.71. The van der Waals surface area contributed by atoms with Crippen LogP contribution in [0, 0.1) is 19.3 Å². The Morgan fingerprint density at radius 3 is 2.63 bits per heavy atom. The van der Waals surface area contributed by atoms with E-state index >= 15 is 0 Å². The molecule has 0 bridgehead atoms. The van der Waals surface area contributed by atoms with Crippen LogP contribution in [0.15, 0.2) is 49.1 Å². The van der Waals surface area contributed by atoms with Crippen LogP contribution < -0.4 is 5.73 Å². The molecule has 2 aromatic carbocycles. The number of amides is 1. The van der Waals surface area contributed by atoms with E-state index in [1.165, 1.54) is 6.08 Å². The number of carbonyl (C=O) groups is 1. The molecule has 1 saturated heterocycles. The lowest BCUT2D eigenvalue weighted by Crippen LogP contribution is -2.63. The lowest BCUT2D eigenvalue weighted by Gasteiger charge is -2.58. The van der Waals surface area contributed by atoms with Crippen molar-refractivity contribution in [3.8, 4) is 22.4 Å². The van der Waals surface area contributed by atoms with Crippen LogP contribution in [0.4, 0.5) is 5.82 Å². The molecule has 4 aromatic rings. The normalized spacial score (nSPS) is 16.9. The molecule has 3 heterocycles. The molecule has 1 aliphatic carbocycles. The Morgan fingerprint density at radius 2 is 1.94 bits per heavy atom. The van der Waals surface area contributed by atoms with Crippen LogP contribution in [0.5, 0.6) is 0 Å². The SMILES string of the molecule is C=CC(=O)N1CC2(CC(n3nc(-c4ccccc4)c(-c4c(Cl)c(C)cc5[nH]nc(N)c45)c3C)C2)C1. The summed E-state index contributed by atoms with van der Waals surface area (Å²) in [4.78, 5) is 13.8. The lowest BCUT2D eigenvalue weighted by molar-refractivity contribution is -0.149. The highest BCUT2D eigenvalue weighted by molar-refractivity contribution is 6.36. The summed E-state index contributed by atoms with van der Waals surface area (Å²) < 4.78 is 2.15. The van der Waals surface area contributed by atoms with E-state index in [1.54, 1.807) is 0 Å². The van der Waals surface area contributed by atoms with Crippen LogP contribution in [-0.4, -0.2) is 43.9 Å². The zero-order valence-electron chi connectivity index (χ0n) is 19.8. The lowest BCUT2D eigenvalue weighted by atomic mass is 9.60. The van der Waals surface area contributed by atoms with Crippen molar-refractivity contribution in [3.05, 3.63) is 65.3 Å². The van der Waals surface area contributed by atoms with Gasteiger partial charge in [0.05, 0.1) is 22.0 Å². The van der Waals surface area contributed by atoms with E-state index in [1.807, 2.05) is 36.1 Å². The van der Waals surface area contributed by atoms with Crippen molar-refractivity contribution in [1.29, 1.82) is 0 Å². The maximum absolute atomic E-state index is 11.9. The number of nitrogens with two attached hydrogens (primary N) is 1. The number of H-pyrrole nitrogens is 1. The van der Waals surface area contributed by atoms with Crippen LogP contribution in [-0.2, 0) is 4.79 Å². The van der Waals surface area contributed by atoms with Crippen LogP contribution in [0.3, 0.4) is 0 Å². The molecule has 1 aliphatic heterocycles. The van der Waals surface area contributed by atoms with Gasteiger partial charge in [-0.15, -0.1) is 0 Å². The molecule has 0 atom stereocenters. The van der Waals surface area contributed by atoms with Crippen LogP contribution >= 0.6 is 11.6 Å². The number of aromatic amines is 1. The first kappa shape index (κ1) is 21.9. The highest BCUT2D eigenvalue weighted by Gasteiger charge is 2.54. The number of nitrogens with one attached hydrogen (secondary N) is 1. The molecule has 7 nitrogen and oxygen atoms in total. The molecule has 2 fully saturated rings. The van der Waals surface area contributed by atoms with E-state index in [9.17, 15) is 4.79 Å². The fraction of sp³-hybridized carbons (Fsp3) is 0.296. The Bertz CT molecular complexity index is 1490. The highest BCUT2D eigenvalue weighted by atomic mass is 35.5. The van der Waals surface area contributed by atoms with Crippen molar-refractivity contribution < 1.29 is 4.79 Å². The van der Waals surface area contributed by atoms with Gasteiger partial charge in [-0.1, -0.05) is 48.5 Å². The number of halogens is 1. The van der Waals surface area contributed by atoms with Gasteiger partial charge in [0, 0.05) is 40.9 Å². The second-order valence-corrected chi connectivity index (χ2v) is 10.4. The average Bonchev–Trinajstić information content (AvgIpc) is 3.33. The van der Waals surface area contributed by atoms with E-state index in [4.69, 9.17) is 22.4 Å². The number of likely N-dealkylation sites (tertiary alicyclic amines) is 1. The number of aromatic nitrogens is 4. The number of carbonyl (C=O) groups excluding carboxylic acids is 1. The number of benzene rings is 2. The van der Waals surface area contributed by atoms with Crippen molar-refractivity contribution in [2.24, 2.45) is 5.41 Å². The summed E-state index contributed by atoms with van der Waals surface area (Å²) in [5, 5.41) is 13.9. The number of hydrogen-bond acceptors (Lipinski definition) is 4. The summed E-state index contributed by atoms with van der Waals surface area (Å²) in [7, 11) is 0. The quantitative estimate of drug-likeness (QED) is 0.383. The number of nitrogen functional groups attached to an aromatic ring is 1. The first-order valence-corrected chi connectivity index (χ1v) is 12.2. The van der Waals surface area contributed by atoms with Gasteiger partial charge in [-0.05, 0) is 44.4 Å². The fourth-order valence-corrected chi connectivity index (χ4v) is 6.19. The van der Waals surface area contributed by atoms with E-state index in [0.717, 1.165) is 70.5 Å². The molecule has 35 heavy (non-hydrogen) atoms. The van der Waals surface area contributed by atoms with Crippen molar-refractivity contribution >= 4 is 34.2 Å². The van der Waals surface area contributed by atoms with Crippen molar-refractivity contribution in [3.63, 3.8) is 0 Å². The zero-order valence-corrected chi connectivity index (χ0v) is 20.6. The molecular formula is C27H27ClN6O. The van der Waals surface area contributed by atoms with Gasteiger partial charge in [0.15, 0.2) is 5.82 Å². The summed E-state index contributed by atoms with van der Waals surface area (Å²) in [6.07, 6.45) is 3.39. The largest absolute Gasteiger partial charge is 0.382 e. The smallest absolute Gasteiger partial charge is 0.245 e. The number of anilines is 1. The van der Waals surface area contributed by atoms with Gasteiger partial charge in [-0.2, -0.15) is 10.2 Å². The third-order valence-corrected chi connectivity index (χ3v) is 8.16. The summed E-state index contributed by atoms with van der Waals surface area (Å²) in [5.74, 6) is 0.436. The Balaban J connectivity index is 1.47. The molecule has 0 unspecified atom stereocenters. The molecule has 1 spiro atoms. The van der Waals surface area contributed by atoms with E-state index in [-0.39, 0.29) is 17.4 Å². The van der Waals surface area contributed by atoms with Gasteiger partial charge in [0.2, 0.25) is 5.91 Å². The van der Waals surface area contributed by atoms with Crippen LogP contribution in [0.25, 0.3) is 33.3 Å². The predicted molar refractivity (Wildman–Crippen MR) is 139 cm³/mol. The average molecular weight is 487 g/mol. The highest BCUT2D eigenvalue weighted by Crippen LogP contribution is 2.55. The Labute approximate surface area is 208 Å². The summed E-state index contributed by atoms with van der Waals surface area (Å²) >= 11 is 6.96. The first-order chi connectivity index (χ1) is 16.8. The minimum atomic E-state index is 0.0128. The van der Waals surface area contributed by atoms with E-state index in [0.29, 0.717) is 10.8 Å². The third kappa shape index (κ3) is 3.22. The second-order valence-electron chi connectivity index (χ2n) is 9.99. The van der Waals surface area contributed by atoms with Crippen molar-refractivity contribution in [1.82, 2.24) is 24.9 Å². The van der Waals surface area contributed by atoms with Gasteiger partial charge < -0.3 is 10.6 Å². The topological polar surface area (TPSA) is 92.8 Å². The predicted octanol–water partition coefficient (Wildman–Crippen LogP) is 5.30. The molecular weight excluding hydrogens is 460 g/mol. The Morgan fingerprint density at radius 1 is 1.23 bits per heavy atom. The maximum atomic E-state index is 11.9. The molecule has 2 aromatic heterocycles. The summed E-state index contributed by atoms with van der Waals surface area (Å²) in [5.41, 5.74) is 13.1.